The highest BCUT2D eigenvalue weighted by atomic mass is 32.2. The van der Waals surface area contributed by atoms with Crippen LogP contribution in [-0.4, -0.2) is 43.4 Å². The summed E-state index contributed by atoms with van der Waals surface area (Å²) in [5.74, 6) is -0.790. The van der Waals surface area contributed by atoms with E-state index in [1.165, 1.54) is 25.5 Å². The minimum absolute atomic E-state index is 0.154. The Morgan fingerprint density at radius 2 is 2.08 bits per heavy atom. The third-order valence-electron chi connectivity index (χ3n) is 2.71. The lowest BCUT2D eigenvalue weighted by atomic mass is 10.2. The maximum absolute atomic E-state index is 12.0. The molecule has 0 atom stereocenters. The quantitative estimate of drug-likeness (QED) is 0.358. The van der Waals surface area contributed by atoms with Gasteiger partial charge in [-0.25, -0.2) is 13.6 Å². The highest BCUT2D eigenvalue weighted by Gasteiger charge is 2.24. The molecule has 0 spiro atoms. The van der Waals surface area contributed by atoms with Gasteiger partial charge in [0, 0.05) is 6.08 Å². The van der Waals surface area contributed by atoms with Gasteiger partial charge in [0.25, 0.3) is 12.3 Å². The van der Waals surface area contributed by atoms with E-state index < -0.39 is 24.9 Å². The second-order valence-electron chi connectivity index (χ2n) is 4.51. The number of thioether (sulfide) groups is 1. The summed E-state index contributed by atoms with van der Waals surface area (Å²) >= 11 is 0.954. The average Bonchev–Trinajstić information content (AvgIpc) is 2.93. The third-order valence-corrected chi connectivity index (χ3v) is 3.61. The van der Waals surface area contributed by atoms with E-state index in [0.717, 1.165) is 17.8 Å². The van der Waals surface area contributed by atoms with Crippen LogP contribution in [0.3, 0.4) is 0 Å². The van der Waals surface area contributed by atoms with Gasteiger partial charge in [-0.15, -0.1) is 5.10 Å². The van der Waals surface area contributed by atoms with E-state index in [2.05, 4.69) is 20.3 Å². The number of halogens is 2. The summed E-state index contributed by atoms with van der Waals surface area (Å²) in [5.41, 5.74) is 0.661. The molecule has 1 aliphatic heterocycles. The predicted octanol–water partition coefficient (Wildman–Crippen LogP) is 1.94. The van der Waals surface area contributed by atoms with Crippen molar-refractivity contribution < 1.29 is 27.8 Å². The molecule has 1 aliphatic rings. The Labute approximate surface area is 145 Å². The van der Waals surface area contributed by atoms with Gasteiger partial charge in [0.2, 0.25) is 0 Å². The smallest absolute Gasteiger partial charge is 0.331 e. The summed E-state index contributed by atoms with van der Waals surface area (Å²) in [5, 5.41) is 10.3. The molecular formula is C15H13F2N3O4S. The van der Waals surface area contributed by atoms with Crippen molar-refractivity contribution in [3.63, 3.8) is 0 Å². The van der Waals surface area contributed by atoms with E-state index in [-0.39, 0.29) is 10.1 Å². The molecule has 0 radical (unpaired) electrons. The van der Waals surface area contributed by atoms with Crippen LogP contribution in [0.1, 0.15) is 5.56 Å². The Balaban J connectivity index is 1.94. The topological polar surface area (TPSA) is 89.3 Å². The Kier molecular flexibility index (Phi) is 6.63. The summed E-state index contributed by atoms with van der Waals surface area (Å²) in [7, 11) is 1.21. The molecule has 0 bridgehead atoms. The Bertz CT molecular complexity index is 733. The molecule has 10 heteroatoms. The first-order valence-corrected chi connectivity index (χ1v) is 7.70. The number of esters is 1. The summed E-state index contributed by atoms with van der Waals surface area (Å²) in [6.07, 6.45) is -0.0579. The van der Waals surface area contributed by atoms with Crippen molar-refractivity contribution in [2.45, 2.75) is 6.43 Å². The number of rotatable bonds is 6. The molecule has 2 rings (SSSR count). The maximum Gasteiger partial charge on any atom is 0.331 e. The second kappa shape index (κ2) is 8.92. The highest BCUT2D eigenvalue weighted by molar-refractivity contribution is 8.18. The molecule has 25 heavy (non-hydrogen) atoms. The van der Waals surface area contributed by atoms with Gasteiger partial charge in [-0.2, -0.15) is 5.10 Å². The lowest BCUT2D eigenvalue weighted by Crippen LogP contribution is -2.19. The summed E-state index contributed by atoms with van der Waals surface area (Å²) < 4.78 is 33.4. The van der Waals surface area contributed by atoms with Gasteiger partial charge in [0.05, 0.1) is 18.2 Å². The number of methoxy groups -OCH3 is 1. The van der Waals surface area contributed by atoms with E-state index in [4.69, 9.17) is 4.74 Å². The molecule has 1 amide bonds. The number of hydrogen-bond acceptors (Lipinski definition) is 7. The number of carbonyl (C=O) groups excluding carboxylic acids is 2. The molecule has 7 nitrogen and oxygen atoms in total. The first kappa shape index (κ1) is 18.6. The van der Waals surface area contributed by atoms with Crippen LogP contribution in [-0.2, 0) is 14.3 Å². The first-order valence-electron chi connectivity index (χ1n) is 6.89. The van der Waals surface area contributed by atoms with E-state index in [1.54, 1.807) is 12.1 Å². The number of alkyl halides is 2. The lowest BCUT2D eigenvalue weighted by molar-refractivity contribution is -0.135. The number of ether oxygens (including phenoxy) is 2. The van der Waals surface area contributed by atoms with E-state index in [9.17, 15) is 18.4 Å². The summed E-state index contributed by atoms with van der Waals surface area (Å²) in [4.78, 5) is 22.9. The van der Waals surface area contributed by atoms with E-state index >= 15 is 0 Å². The molecule has 1 aromatic rings. The van der Waals surface area contributed by atoms with Gasteiger partial charge in [-0.1, -0.05) is 0 Å². The first-order chi connectivity index (χ1) is 12.0. The van der Waals surface area contributed by atoms with E-state index in [1.807, 2.05) is 0 Å². The van der Waals surface area contributed by atoms with Gasteiger partial charge >= 0.3 is 5.97 Å². The summed E-state index contributed by atoms with van der Waals surface area (Å²) in [6, 6.07) is 6.29. The summed E-state index contributed by atoms with van der Waals surface area (Å²) in [6.45, 7) is -0.667. The minimum Gasteiger partial charge on any atom is -0.488 e. The fourth-order valence-corrected chi connectivity index (χ4v) is 2.34. The fourth-order valence-electron chi connectivity index (χ4n) is 1.60. The van der Waals surface area contributed by atoms with Gasteiger partial charge in [0.1, 0.15) is 12.4 Å². The molecule has 1 heterocycles. The number of amidine groups is 1. The second-order valence-corrected chi connectivity index (χ2v) is 5.54. The number of hydrogen-bond donors (Lipinski definition) is 1. The van der Waals surface area contributed by atoms with Crippen molar-refractivity contribution in [1.82, 2.24) is 5.32 Å². The Hall–Kier alpha value is -2.75. The molecule has 0 aromatic heterocycles. The molecule has 0 aliphatic carbocycles. The van der Waals surface area contributed by atoms with Crippen molar-refractivity contribution in [1.29, 1.82) is 0 Å². The standard InChI is InChI=1S/C15H13F2N3O4S/c1-23-13(21)6-11-14(22)19-15(25-11)20-18-7-9-2-4-10(5-3-9)24-8-12(16)17/h2-7,12H,8H2,1H3,(H,19,20,22)/b11-6+,18-7?. The minimum atomic E-state index is -2.53. The molecule has 132 valence electrons. The van der Waals surface area contributed by atoms with E-state index in [0.29, 0.717) is 11.3 Å². The van der Waals surface area contributed by atoms with Crippen molar-refractivity contribution >= 4 is 35.0 Å². The third kappa shape index (κ3) is 5.99. The predicted molar refractivity (Wildman–Crippen MR) is 88.8 cm³/mol. The van der Waals surface area contributed by atoms with Gasteiger partial charge in [-0.3, -0.25) is 10.1 Å². The van der Waals surface area contributed by atoms with Gasteiger partial charge in [0.15, 0.2) is 5.17 Å². The van der Waals surface area contributed by atoms with Crippen LogP contribution in [0.5, 0.6) is 5.75 Å². The van der Waals surface area contributed by atoms with Gasteiger partial charge in [-0.05, 0) is 41.6 Å². The SMILES string of the molecule is COC(=O)/C=C1/S/C(=N\N=Cc2ccc(OCC(F)F)cc2)NC1=O. The zero-order valence-electron chi connectivity index (χ0n) is 12.9. The zero-order chi connectivity index (χ0) is 18.2. The molecule has 1 saturated heterocycles. The molecule has 1 N–H and O–H groups in total. The van der Waals surface area contributed by atoms with Crippen molar-refractivity contribution in [2.24, 2.45) is 10.2 Å². The molecule has 0 saturated carbocycles. The van der Waals surface area contributed by atoms with Crippen LogP contribution in [0.4, 0.5) is 8.78 Å². The fraction of sp³-hybridized carbons (Fsp3) is 0.200. The number of benzene rings is 1. The average molecular weight is 369 g/mol. The van der Waals surface area contributed by atoms with Crippen molar-refractivity contribution in [3.8, 4) is 5.75 Å². The Morgan fingerprint density at radius 3 is 2.72 bits per heavy atom. The molecule has 1 aromatic carbocycles. The monoisotopic (exact) mass is 369 g/mol. The number of carbonyl (C=O) groups is 2. The normalized spacial score (nSPS) is 17.5. The highest BCUT2D eigenvalue weighted by Crippen LogP contribution is 2.23. The molecular weight excluding hydrogens is 356 g/mol. The van der Waals surface area contributed by atoms with Crippen LogP contribution >= 0.6 is 11.8 Å². The lowest BCUT2D eigenvalue weighted by Gasteiger charge is -2.04. The zero-order valence-corrected chi connectivity index (χ0v) is 13.8. The largest absolute Gasteiger partial charge is 0.488 e. The van der Waals surface area contributed by atoms with Crippen LogP contribution in [0.15, 0.2) is 45.4 Å². The van der Waals surface area contributed by atoms with Gasteiger partial charge < -0.3 is 9.47 Å². The maximum atomic E-state index is 12.0. The number of nitrogens with one attached hydrogen (secondary N) is 1. The number of amides is 1. The Morgan fingerprint density at radius 1 is 1.36 bits per heavy atom. The van der Waals surface area contributed by atoms with Crippen molar-refractivity contribution in [2.75, 3.05) is 13.7 Å². The number of nitrogens with zero attached hydrogens (tertiary/aromatic N) is 2. The van der Waals surface area contributed by atoms with Crippen LogP contribution < -0.4 is 10.1 Å². The molecule has 0 unspecified atom stereocenters. The van der Waals surface area contributed by atoms with Crippen molar-refractivity contribution in [3.05, 3.63) is 40.8 Å². The van der Waals surface area contributed by atoms with Crippen LogP contribution in [0.25, 0.3) is 0 Å². The van der Waals surface area contributed by atoms with Crippen LogP contribution in [0, 0.1) is 0 Å². The van der Waals surface area contributed by atoms with Crippen LogP contribution in [0.2, 0.25) is 0 Å². The molecule has 1 fully saturated rings.